The summed E-state index contributed by atoms with van der Waals surface area (Å²) in [5, 5.41) is 14.3. The summed E-state index contributed by atoms with van der Waals surface area (Å²) in [6.07, 6.45) is 1.25. The second-order valence-corrected chi connectivity index (χ2v) is 8.48. The Hall–Kier alpha value is -2.42. The van der Waals surface area contributed by atoms with Crippen molar-refractivity contribution >= 4 is 29.2 Å². The molecule has 142 valence electrons. The van der Waals surface area contributed by atoms with Gasteiger partial charge in [-0.1, -0.05) is 29.8 Å². The minimum Gasteiger partial charge on any atom is -0.316 e. The van der Waals surface area contributed by atoms with E-state index in [1.807, 2.05) is 35.7 Å². The van der Waals surface area contributed by atoms with Crippen LogP contribution in [0.4, 0.5) is 5.69 Å². The Morgan fingerprint density at radius 3 is 2.61 bits per heavy atom. The largest absolute Gasteiger partial charge is 0.316 e. The van der Waals surface area contributed by atoms with Gasteiger partial charge in [-0.3, -0.25) is 4.68 Å². The molecule has 1 saturated heterocycles. The minimum absolute atomic E-state index is 0.474. The fraction of sp³-hybridized carbons (Fsp3) is 0.273. The lowest BCUT2D eigenvalue weighted by Crippen LogP contribution is -2.09. The molecule has 0 amide bonds. The first-order chi connectivity index (χ1) is 13.6. The number of hydrogen-bond donors (Lipinski definition) is 0. The Kier molecular flexibility index (Phi) is 5.34. The third kappa shape index (κ3) is 3.63. The van der Waals surface area contributed by atoms with Crippen LogP contribution in [0.1, 0.15) is 28.9 Å². The van der Waals surface area contributed by atoms with E-state index in [0.29, 0.717) is 10.6 Å². The van der Waals surface area contributed by atoms with Gasteiger partial charge < -0.3 is 4.31 Å². The fourth-order valence-electron chi connectivity index (χ4n) is 3.62. The lowest BCUT2D eigenvalue weighted by molar-refractivity contribution is 0.659. The van der Waals surface area contributed by atoms with Crippen molar-refractivity contribution in [1.82, 2.24) is 9.78 Å². The highest BCUT2D eigenvalue weighted by Crippen LogP contribution is 2.31. The lowest BCUT2D eigenvalue weighted by Gasteiger charge is -2.16. The van der Waals surface area contributed by atoms with Gasteiger partial charge in [0.05, 0.1) is 22.8 Å². The first-order valence-corrected chi connectivity index (χ1v) is 10.6. The molecule has 0 unspecified atom stereocenters. The number of nitrogens with zero attached hydrogens (tertiary/aromatic N) is 4. The van der Waals surface area contributed by atoms with Crippen LogP contribution in [0.25, 0.3) is 11.1 Å². The summed E-state index contributed by atoms with van der Waals surface area (Å²) in [6, 6.07) is 16.4. The summed E-state index contributed by atoms with van der Waals surface area (Å²) < 4.78 is 4.40. The molecule has 0 aliphatic carbocycles. The maximum absolute atomic E-state index is 9.09. The van der Waals surface area contributed by atoms with Gasteiger partial charge in [-0.15, -0.1) is 0 Å². The highest BCUT2D eigenvalue weighted by atomic mass is 35.5. The van der Waals surface area contributed by atoms with E-state index in [9.17, 15) is 0 Å². The summed E-state index contributed by atoms with van der Waals surface area (Å²) in [5.41, 5.74) is 7.11. The molecule has 28 heavy (non-hydrogen) atoms. The van der Waals surface area contributed by atoms with E-state index in [4.69, 9.17) is 22.0 Å². The second kappa shape index (κ2) is 7.90. The molecule has 4 nitrogen and oxygen atoms in total. The second-order valence-electron chi connectivity index (χ2n) is 6.97. The van der Waals surface area contributed by atoms with Gasteiger partial charge in [0.15, 0.2) is 0 Å². The maximum atomic E-state index is 9.09. The molecule has 0 saturated carbocycles. The maximum Gasteiger partial charge on any atom is 0.101 e. The highest BCUT2D eigenvalue weighted by Gasteiger charge is 2.16. The van der Waals surface area contributed by atoms with Gasteiger partial charge in [0.25, 0.3) is 0 Å². The highest BCUT2D eigenvalue weighted by molar-refractivity contribution is 8.00. The number of hydrogen-bond acceptors (Lipinski definition) is 4. The molecule has 0 atom stereocenters. The van der Waals surface area contributed by atoms with Crippen LogP contribution >= 0.6 is 23.5 Å². The first-order valence-electron chi connectivity index (χ1n) is 9.30. The number of halogens is 1. The van der Waals surface area contributed by atoms with Crippen LogP contribution < -0.4 is 4.31 Å². The number of rotatable bonds is 4. The minimum atomic E-state index is 0.474. The average molecular weight is 409 g/mol. The third-order valence-corrected chi connectivity index (χ3v) is 6.56. The van der Waals surface area contributed by atoms with Crippen LogP contribution in [-0.2, 0) is 6.54 Å². The average Bonchev–Trinajstić information content (AvgIpc) is 3.31. The van der Waals surface area contributed by atoms with E-state index in [1.165, 1.54) is 23.4 Å². The first kappa shape index (κ1) is 18.9. The van der Waals surface area contributed by atoms with Crippen LogP contribution in [0.3, 0.4) is 0 Å². The molecule has 3 aromatic rings. The van der Waals surface area contributed by atoms with Crippen molar-refractivity contribution in [2.75, 3.05) is 16.6 Å². The zero-order valence-corrected chi connectivity index (χ0v) is 17.5. The number of anilines is 1. The monoisotopic (exact) mass is 408 g/mol. The Morgan fingerprint density at radius 2 is 1.96 bits per heavy atom. The van der Waals surface area contributed by atoms with E-state index in [1.54, 1.807) is 6.07 Å². The summed E-state index contributed by atoms with van der Waals surface area (Å²) in [5.74, 6) is 1.20. The molecular weight excluding hydrogens is 388 g/mol. The normalized spacial score (nSPS) is 13.7. The van der Waals surface area contributed by atoms with Crippen molar-refractivity contribution in [1.29, 1.82) is 5.26 Å². The Labute approximate surface area is 174 Å². The Bertz CT molecular complexity index is 1040. The molecular formula is C22H21ClN4S. The van der Waals surface area contributed by atoms with Crippen molar-refractivity contribution in [2.24, 2.45) is 0 Å². The summed E-state index contributed by atoms with van der Waals surface area (Å²) in [4.78, 5) is 0. The van der Waals surface area contributed by atoms with Gasteiger partial charge in [-0.2, -0.15) is 10.4 Å². The molecule has 1 aliphatic rings. The van der Waals surface area contributed by atoms with Gasteiger partial charge in [-0.25, -0.2) is 0 Å². The molecule has 4 rings (SSSR count). The zero-order valence-electron chi connectivity index (χ0n) is 15.9. The predicted molar refractivity (Wildman–Crippen MR) is 117 cm³/mol. The molecule has 1 fully saturated rings. The topological polar surface area (TPSA) is 44.9 Å². The standard InChI is InChI=1S/C22H21ClN4S/c1-15-22(18-6-7-19(13-24)21(23)12-18)16(2)26(25-15)14-17-4-8-20(9-5-17)27-10-3-11-28-27/h4-9,12H,3,10-11,14H2,1-2H3. The van der Waals surface area contributed by atoms with Gasteiger partial charge in [0.1, 0.15) is 6.07 Å². The van der Waals surface area contributed by atoms with Gasteiger partial charge >= 0.3 is 0 Å². The van der Waals surface area contributed by atoms with Crippen LogP contribution in [0.15, 0.2) is 42.5 Å². The van der Waals surface area contributed by atoms with Crippen molar-refractivity contribution in [3.05, 3.63) is 70.0 Å². The van der Waals surface area contributed by atoms with Crippen LogP contribution in [0.2, 0.25) is 5.02 Å². The predicted octanol–water partition coefficient (Wildman–Crippen LogP) is 5.60. The number of nitriles is 1. The quantitative estimate of drug-likeness (QED) is 0.527. The number of benzene rings is 2. The van der Waals surface area contributed by atoms with Crippen molar-refractivity contribution < 1.29 is 0 Å². The molecule has 6 heteroatoms. The fourth-order valence-corrected chi connectivity index (χ4v) is 4.85. The Morgan fingerprint density at radius 1 is 1.18 bits per heavy atom. The molecule has 1 aliphatic heterocycles. The van der Waals surface area contributed by atoms with Gasteiger partial charge in [-0.05, 0) is 67.6 Å². The summed E-state index contributed by atoms with van der Waals surface area (Å²) >= 11 is 8.13. The molecule has 2 aromatic carbocycles. The van der Waals surface area contributed by atoms with Gasteiger partial charge in [0, 0.05) is 29.2 Å². The van der Waals surface area contributed by atoms with Crippen LogP contribution in [0, 0.1) is 25.2 Å². The molecule has 2 heterocycles. The smallest absolute Gasteiger partial charge is 0.101 e. The van der Waals surface area contributed by atoms with Crippen molar-refractivity contribution in [2.45, 2.75) is 26.8 Å². The van der Waals surface area contributed by atoms with Crippen molar-refractivity contribution in [3.63, 3.8) is 0 Å². The Balaban J connectivity index is 1.59. The third-order valence-electron chi connectivity index (χ3n) is 5.07. The molecule has 0 bridgehead atoms. The summed E-state index contributed by atoms with van der Waals surface area (Å²) in [6.45, 7) is 5.94. The van der Waals surface area contributed by atoms with Crippen LogP contribution in [-0.4, -0.2) is 22.1 Å². The van der Waals surface area contributed by atoms with Gasteiger partial charge in [0.2, 0.25) is 0 Å². The molecule has 0 spiro atoms. The lowest BCUT2D eigenvalue weighted by atomic mass is 10.0. The van der Waals surface area contributed by atoms with E-state index >= 15 is 0 Å². The van der Waals surface area contributed by atoms with E-state index in [-0.39, 0.29) is 0 Å². The molecule has 0 radical (unpaired) electrons. The van der Waals surface area contributed by atoms with Crippen LogP contribution in [0.5, 0.6) is 0 Å². The SMILES string of the molecule is Cc1nn(Cc2ccc(N3CCCS3)cc2)c(C)c1-c1ccc(C#N)c(Cl)c1. The molecule has 1 aromatic heterocycles. The number of aryl methyl sites for hydroxylation is 1. The van der Waals surface area contributed by atoms with E-state index < -0.39 is 0 Å². The number of aromatic nitrogens is 2. The zero-order chi connectivity index (χ0) is 19.7. The van der Waals surface area contributed by atoms with Crippen molar-refractivity contribution in [3.8, 4) is 17.2 Å². The van der Waals surface area contributed by atoms with E-state index in [2.05, 4.69) is 41.6 Å². The molecule has 0 N–H and O–H groups in total. The van der Waals surface area contributed by atoms with E-state index in [0.717, 1.165) is 35.6 Å². The summed E-state index contributed by atoms with van der Waals surface area (Å²) in [7, 11) is 0.